The molecule has 1 heterocycles. The van der Waals surface area contributed by atoms with Crippen LogP contribution in [0.1, 0.15) is 23.7 Å². The molecule has 1 N–H and O–H groups in total. The van der Waals surface area contributed by atoms with E-state index in [-0.39, 0.29) is 18.3 Å². The van der Waals surface area contributed by atoms with Gasteiger partial charge in [0.2, 0.25) is 5.91 Å². The van der Waals surface area contributed by atoms with Crippen molar-refractivity contribution in [3.8, 4) is 0 Å². The molecule has 1 fully saturated rings. The third kappa shape index (κ3) is 3.01. The van der Waals surface area contributed by atoms with E-state index in [1.54, 1.807) is 0 Å². The van der Waals surface area contributed by atoms with Gasteiger partial charge in [0, 0.05) is 5.69 Å². The number of carbonyl (C=O) groups excluding carboxylic acids is 2. The highest BCUT2D eigenvalue weighted by molar-refractivity contribution is 5.96. The zero-order valence-corrected chi connectivity index (χ0v) is 12.3. The predicted octanol–water partition coefficient (Wildman–Crippen LogP) is 3.24. The monoisotopic (exact) mass is 295 g/mol. The van der Waals surface area contributed by atoms with Crippen LogP contribution in [0.5, 0.6) is 0 Å². The minimum Gasteiger partial charge on any atom is -0.457 e. The average Bonchev–Trinajstić information content (AvgIpc) is 2.90. The van der Waals surface area contributed by atoms with Crippen molar-refractivity contribution in [1.29, 1.82) is 0 Å². The molecular weight excluding hydrogens is 278 g/mol. The van der Waals surface area contributed by atoms with E-state index in [2.05, 4.69) is 5.32 Å². The Morgan fingerprint density at radius 2 is 1.91 bits per heavy atom. The van der Waals surface area contributed by atoms with Gasteiger partial charge in [0.15, 0.2) is 0 Å². The fourth-order valence-corrected chi connectivity index (χ4v) is 2.69. The summed E-state index contributed by atoms with van der Waals surface area (Å²) in [5.41, 5.74) is 2.64. The second kappa shape index (κ2) is 6.02. The summed E-state index contributed by atoms with van der Waals surface area (Å²) < 4.78 is 5.34. The van der Waals surface area contributed by atoms with Crippen LogP contribution in [0.3, 0.4) is 0 Å². The van der Waals surface area contributed by atoms with E-state index in [0.717, 1.165) is 16.8 Å². The van der Waals surface area contributed by atoms with E-state index < -0.39 is 12.0 Å². The number of aryl methyl sites for hydroxylation is 1. The van der Waals surface area contributed by atoms with Crippen LogP contribution in [0.4, 0.5) is 5.69 Å². The first-order valence-electron chi connectivity index (χ1n) is 7.25. The van der Waals surface area contributed by atoms with Crippen LogP contribution in [-0.4, -0.2) is 11.9 Å². The highest BCUT2D eigenvalue weighted by Gasteiger charge is 2.40. The minimum absolute atomic E-state index is 0.108. The Labute approximate surface area is 129 Å². The average molecular weight is 295 g/mol. The molecule has 0 saturated carbocycles. The van der Waals surface area contributed by atoms with Gasteiger partial charge in [-0.1, -0.05) is 42.5 Å². The largest absolute Gasteiger partial charge is 0.457 e. The molecule has 1 amide bonds. The Bertz CT molecular complexity index is 696. The summed E-state index contributed by atoms with van der Waals surface area (Å²) in [6, 6.07) is 17.0. The third-order valence-electron chi connectivity index (χ3n) is 3.76. The lowest BCUT2D eigenvalue weighted by molar-refractivity contribution is -0.141. The van der Waals surface area contributed by atoms with Gasteiger partial charge < -0.3 is 10.1 Å². The summed E-state index contributed by atoms with van der Waals surface area (Å²) in [7, 11) is 0. The van der Waals surface area contributed by atoms with Crippen LogP contribution in [-0.2, 0) is 14.3 Å². The first-order chi connectivity index (χ1) is 10.6. The fourth-order valence-electron chi connectivity index (χ4n) is 2.69. The third-order valence-corrected chi connectivity index (χ3v) is 3.76. The van der Waals surface area contributed by atoms with Gasteiger partial charge in [0.05, 0.1) is 12.3 Å². The minimum atomic E-state index is -0.515. The van der Waals surface area contributed by atoms with Gasteiger partial charge in [-0.15, -0.1) is 0 Å². The number of benzene rings is 2. The molecule has 0 aliphatic carbocycles. The van der Waals surface area contributed by atoms with Crippen LogP contribution in [0.2, 0.25) is 0 Å². The first-order valence-corrected chi connectivity index (χ1v) is 7.25. The first kappa shape index (κ1) is 14.3. The van der Waals surface area contributed by atoms with E-state index in [0.29, 0.717) is 0 Å². The Morgan fingerprint density at radius 3 is 2.64 bits per heavy atom. The van der Waals surface area contributed by atoms with E-state index in [9.17, 15) is 9.59 Å². The summed E-state index contributed by atoms with van der Waals surface area (Å²) in [4.78, 5) is 24.2. The number of ether oxygens (including phenoxy) is 1. The van der Waals surface area contributed by atoms with Crippen molar-refractivity contribution < 1.29 is 14.3 Å². The number of hydrogen-bond donors (Lipinski definition) is 1. The molecule has 0 bridgehead atoms. The van der Waals surface area contributed by atoms with Gasteiger partial charge in [0.1, 0.15) is 6.10 Å². The van der Waals surface area contributed by atoms with E-state index in [1.807, 2.05) is 61.5 Å². The summed E-state index contributed by atoms with van der Waals surface area (Å²) in [5, 5.41) is 2.87. The summed E-state index contributed by atoms with van der Waals surface area (Å²) in [6.45, 7) is 1.96. The summed E-state index contributed by atoms with van der Waals surface area (Å²) in [5.74, 6) is -1.03. The zero-order chi connectivity index (χ0) is 15.5. The van der Waals surface area contributed by atoms with Crippen LogP contribution in [0.15, 0.2) is 54.6 Å². The molecule has 2 aromatic carbocycles. The molecule has 1 aliphatic heterocycles. The Morgan fingerprint density at radius 1 is 1.14 bits per heavy atom. The number of esters is 1. The molecule has 2 atom stereocenters. The van der Waals surface area contributed by atoms with Crippen LogP contribution < -0.4 is 5.32 Å². The van der Waals surface area contributed by atoms with Crippen molar-refractivity contribution in [2.45, 2.75) is 19.4 Å². The Hall–Kier alpha value is -2.62. The molecule has 2 unspecified atom stereocenters. The smallest absolute Gasteiger partial charge is 0.307 e. The quantitative estimate of drug-likeness (QED) is 0.884. The van der Waals surface area contributed by atoms with Crippen LogP contribution >= 0.6 is 0 Å². The maximum atomic E-state index is 12.5. The number of rotatable bonds is 3. The lowest BCUT2D eigenvalue weighted by atomic mass is 9.94. The zero-order valence-electron chi connectivity index (χ0n) is 12.3. The van der Waals surface area contributed by atoms with Gasteiger partial charge in [0.25, 0.3) is 0 Å². The number of nitrogens with one attached hydrogen (secondary N) is 1. The van der Waals surface area contributed by atoms with Gasteiger partial charge in [-0.3, -0.25) is 9.59 Å². The summed E-state index contributed by atoms with van der Waals surface area (Å²) in [6.07, 6.45) is -0.407. The van der Waals surface area contributed by atoms with Crippen molar-refractivity contribution in [2.24, 2.45) is 5.92 Å². The maximum absolute atomic E-state index is 12.5. The highest BCUT2D eigenvalue weighted by atomic mass is 16.6. The Balaban J connectivity index is 1.79. The molecule has 3 rings (SSSR count). The Kier molecular flexibility index (Phi) is 3.92. The van der Waals surface area contributed by atoms with E-state index in [1.165, 1.54) is 0 Å². The molecule has 1 saturated heterocycles. The van der Waals surface area contributed by atoms with Gasteiger partial charge in [-0.25, -0.2) is 0 Å². The number of amides is 1. The van der Waals surface area contributed by atoms with Crippen molar-refractivity contribution in [2.75, 3.05) is 5.32 Å². The van der Waals surface area contributed by atoms with Gasteiger partial charge in [-0.2, -0.15) is 0 Å². The number of anilines is 1. The molecular formula is C18H17NO3. The van der Waals surface area contributed by atoms with Crippen molar-refractivity contribution in [3.05, 3.63) is 65.7 Å². The summed E-state index contributed by atoms with van der Waals surface area (Å²) >= 11 is 0. The number of hydrogen-bond acceptors (Lipinski definition) is 3. The van der Waals surface area contributed by atoms with Crippen molar-refractivity contribution >= 4 is 17.6 Å². The maximum Gasteiger partial charge on any atom is 0.307 e. The second-order valence-electron chi connectivity index (χ2n) is 5.49. The van der Waals surface area contributed by atoms with Gasteiger partial charge in [-0.05, 0) is 30.2 Å². The van der Waals surface area contributed by atoms with Crippen molar-refractivity contribution in [3.63, 3.8) is 0 Å². The molecule has 4 heteroatoms. The van der Waals surface area contributed by atoms with Crippen LogP contribution in [0, 0.1) is 12.8 Å². The van der Waals surface area contributed by atoms with Crippen molar-refractivity contribution in [1.82, 2.24) is 0 Å². The molecule has 112 valence electrons. The molecule has 22 heavy (non-hydrogen) atoms. The van der Waals surface area contributed by atoms with Crippen LogP contribution in [0.25, 0.3) is 0 Å². The number of carbonyl (C=O) groups is 2. The highest BCUT2D eigenvalue weighted by Crippen LogP contribution is 2.36. The topological polar surface area (TPSA) is 55.4 Å². The molecule has 1 aliphatic rings. The normalized spacial score (nSPS) is 20.5. The van der Waals surface area contributed by atoms with E-state index >= 15 is 0 Å². The second-order valence-corrected chi connectivity index (χ2v) is 5.49. The number of cyclic esters (lactones) is 1. The SMILES string of the molecule is Cc1cccc(NC(=O)C2CC(=O)OC2c2ccccc2)c1. The fraction of sp³-hybridized carbons (Fsp3) is 0.222. The molecule has 2 aromatic rings. The molecule has 0 spiro atoms. The molecule has 0 aromatic heterocycles. The standard InChI is InChI=1S/C18H17NO3/c1-12-6-5-9-14(10-12)19-18(21)15-11-16(20)22-17(15)13-7-3-2-4-8-13/h2-10,15,17H,11H2,1H3,(H,19,21). The molecule has 4 nitrogen and oxygen atoms in total. The predicted molar refractivity (Wildman–Crippen MR) is 83.2 cm³/mol. The molecule has 0 radical (unpaired) electrons. The lowest BCUT2D eigenvalue weighted by Crippen LogP contribution is -2.25. The van der Waals surface area contributed by atoms with E-state index in [4.69, 9.17) is 4.74 Å². The lowest BCUT2D eigenvalue weighted by Gasteiger charge is -2.17. The van der Waals surface area contributed by atoms with Gasteiger partial charge >= 0.3 is 5.97 Å².